The zero-order valence-electron chi connectivity index (χ0n) is 12.7. The van der Waals surface area contributed by atoms with Crippen LogP contribution in [0.2, 0.25) is 0 Å². The van der Waals surface area contributed by atoms with E-state index in [0.717, 1.165) is 51.3 Å². The Hall–Kier alpha value is -0.410. The maximum absolute atomic E-state index is 12.5. The third-order valence-corrected chi connectivity index (χ3v) is 5.66. The number of piperidine rings is 1. The van der Waals surface area contributed by atoms with Gasteiger partial charge in [-0.05, 0) is 64.0 Å². The van der Waals surface area contributed by atoms with Gasteiger partial charge in [0.2, 0.25) is 0 Å². The summed E-state index contributed by atoms with van der Waals surface area (Å²) in [7, 11) is 0. The lowest BCUT2D eigenvalue weighted by Gasteiger charge is -2.38. The molecule has 2 unspecified atom stereocenters. The maximum Gasteiger partial charge on any atom is 0.136 e. The Morgan fingerprint density at radius 1 is 1.20 bits per heavy atom. The molecule has 3 heteroatoms. The van der Waals surface area contributed by atoms with E-state index in [2.05, 4.69) is 5.32 Å². The number of hydrogen-bond donors (Lipinski definition) is 1. The van der Waals surface area contributed by atoms with Crippen LogP contribution in [0.25, 0.3) is 0 Å². The van der Waals surface area contributed by atoms with Crippen molar-refractivity contribution in [3.05, 3.63) is 0 Å². The third-order valence-electron chi connectivity index (χ3n) is 5.66. The Balaban J connectivity index is 1.46. The molecule has 0 radical (unpaired) electrons. The normalized spacial score (nSPS) is 33.4. The Bertz CT molecular complexity index is 330. The highest BCUT2D eigenvalue weighted by molar-refractivity contribution is 5.81. The summed E-state index contributed by atoms with van der Waals surface area (Å²) in [6.07, 6.45) is 11.4. The van der Waals surface area contributed by atoms with Gasteiger partial charge in [0.1, 0.15) is 5.78 Å². The number of carbonyl (C=O) groups excluding carboxylic acids is 1. The van der Waals surface area contributed by atoms with Gasteiger partial charge in [-0.3, -0.25) is 4.79 Å². The van der Waals surface area contributed by atoms with Gasteiger partial charge < -0.3 is 10.1 Å². The van der Waals surface area contributed by atoms with E-state index < -0.39 is 0 Å². The van der Waals surface area contributed by atoms with Crippen LogP contribution >= 0.6 is 0 Å². The number of carbonyl (C=O) groups is 1. The Kier molecular flexibility index (Phi) is 4.77. The second-order valence-electron chi connectivity index (χ2n) is 7.15. The molecule has 114 valence electrons. The molecule has 3 rings (SSSR count). The van der Waals surface area contributed by atoms with Gasteiger partial charge in [-0.1, -0.05) is 12.8 Å². The van der Waals surface area contributed by atoms with Gasteiger partial charge in [0.15, 0.2) is 0 Å². The fourth-order valence-corrected chi connectivity index (χ4v) is 4.39. The summed E-state index contributed by atoms with van der Waals surface area (Å²) in [5, 5.41) is 3.45. The highest BCUT2D eigenvalue weighted by Gasteiger charge is 2.41. The second kappa shape index (κ2) is 6.57. The van der Waals surface area contributed by atoms with Crippen LogP contribution in [0, 0.1) is 11.8 Å². The first-order valence-electron chi connectivity index (χ1n) is 8.65. The summed E-state index contributed by atoms with van der Waals surface area (Å²) >= 11 is 0. The number of ketones is 1. The van der Waals surface area contributed by atoms with Gasteiger partial charge in [0.25, 0.3) is 0 Å². The molecule has 20 heavy (non-hydrogen) atoms. The predicted molar refractivity (Wildman–Crippen MR) is 79.7 cm³/mol. The molecule has 2 aliphatic heterocycles. The van der Waals surface area contributed by atoms with Crippen LogP contribution in [0.5, 0.6) is 0 Å². The average molecular weight is 279 g/mol. The van der Waals surface area contributed by atoms with Gasteiger partial charge in [-0.15, -0.1) is 0 Å². The molecule has 3 aliphatic rings. The summed E-state index contributed by atoms with van der Waals surface area (Å²) in [5.74, 6) is 1.54. The van der Waals surface area contributed by atoms with Crippen molar-refractivity contribution in [3.8, 4) is 0 Å². The molecule has 2 saturated heterocycles. The molecule has 2 heterocycles. The average Bonchev–Trinajstić information content (AvgIpc) is 2.93. The van der Waals surface area contributed by atoms with Crippen LogP contribution in [0.15, 0.2) is 0 Å². The molecule has 0 bridgehead atoms. The van der Waals surface area contributed by atoms with Crippen molar-refractivity contribution in [2.75, 3.05) is 19.7 Å². The fourth-order valence-electron chi connectivity index (χ4n) is 4.39. The van der Waals surface area contributed by atoms with Crippen molar-refractivity contribution in [1.82, 2.24) is 5.32 Å². The van der Waals surface area contributed by atoms with Crippen molar-refractivity contribution in [1.29, 1.82) is 0 Å². The van der Waals surface area contributed by atoms with Crippen LogP contribution in [-0.2, 0) is 9.53 Å². The quantitative estimate of drug-likeness (QED) is 0.859. The Labute approximate surface area is 122 Å². The minimum Gasteiger partial charge on any atom is -0.375 e. The lowest BCUT2D eigenvalue weighted by atomic mass is 9.80. The standard InChI is InChI=1S/C17H29NO2/c19-16(6-5-14-4-3-10-18-13-14)15-7-11-20-17(12-15)8-1-2-9-17/h14-15,18H,1-13H2. The van der Waals surface area contributed by atoms with Gasteiger partial charge in [0, 0.05) is 18.9 Å². The summed E-state index contributed by atoms with van der Waals surface area (Å²) in [4.78, 5) is 12.5. The van der Waals surface area contributed by atoms with E-state index in [-0.39, 0.29) is 5.60 Å². The molecule has 0 aromatic heterocycles. The molecule has 1 aliphatic carbocycles. The van der Waals surface area contributed by atoms with Crippen molar-refractivity contribution in [2.45, 2.75) is 69.8 Å². The topological polar surface area (TPSA) is 38.3 Å². The monoisotopic (exact) mass is 279 g/mol. The number of ether oxygens (including phenoxy) is 1. The minimum absolute atomic E-state index is 0.0883. The number of hydrogen-bond acceptors (Lipinski definition) is 3. The molecule has 0 aromatic rings. The molecular weight excluding hydrogens is 250 g/mol. The van der Waals surface area contributed by atoms with E-state index >= 15 is 0 Å². The summed E-state index contributed by atoms with van der Waals surface area (Å²) < 4.78 is 6.04. The molecule has 1 N–H and O–H groups in total. The van der Waals surface area contributed by atoms with Gasteiger partial charge in [-0.2, -0.15) is 0 Å². The largest absolute Gasteiger partial charge is 0.375 e. The smallest absolute Gasteiger partial charge is 0.136 e. The van der Waals surface area contributed by atoms with Crippen LogP contribution in [-0.4, -0.2) is 31.1 Å². The zero-order valence-corrected chi connectivity index (χ0v) is 12.7. The first-order valence-corrected chi connectivity index (χ1v) is 8.65. The summed E-state index contributed by atoms with van der Waals surface area (Å²) in [6.45, 7) is 3.08. The van der Waals surface area contributed by atoms with Crippen LogP contribution in [0.1, 0.15) is 64.2 Å². The highest BCUT2D eigenvalue weighted by atomic mass is 16.5. The van der Waals surface area contributed by atoms with Gasteiger partial charge in [-0.25, -0.2) is 0 Å². The third kappa shape index (κ3) is 3.43. The summed E-state index contributed by atoms with van der Waals surface area (Å²) in [6, 6.07) is 0. The predicted octanol–water partition coefficient (Wildman–Crippen LogP) is 3.07. The van der Waals surface area contributed by atoms with E-state index in [9.17, 15) is 4.79 Å². The fraction of sp³-hybridized carbons (Fsp3) is 0.941. The van der Waals surface area contributed by atoms with Crippen molar-refractivity contribution in [3.63, 3.8) is 0 Å². The van der Waals surface area contributed by atoms with Crippen molar-refractivity contribution < 1.29 is 9.53 Å². The molecular formula is C17H29NO2. The van der Waals surface area contributed by atoms with Crippen LogP contribution in [0.4, 0.5) is 0 Å². The second-order valence-corrected chi connectivity index (χ2v) is 7.15. The van der Waals surface area contributed by atoms with Crippen LogP contribution < -0.4 is 5.32 Å². The molecule has 3 fully saturated rings. The van der Waals surface area contributed by atoms with Gasteiger partial charge in [0.05, 0.1) is 5.60 Å². The van der Waals surface area contributed by atoms with E-state index in [4.69, 9.17) is 4.74 Å². The lowest BCUT2D eigenvalue weighted by Crippen LogP contribution is -2.40. The van der Waals surface area contributed by atoms with E-state index in [0.29, 0.717) is 11.7 Å². The Morgan fingerprint density at radius 3 is 2.80 bits per heavy atom. The van der Waals surface area contributed by atoms with Crippen molar-refractivity contribution in [2.24, 2.45) is 11.8 Å². The van der Waals surface area contributed by atoms with E-state index in [1.54, 1.807) is 0 Å². The minimum atomic E-state index is 0.0883. The van der Waals surface area contributed by atoms with Crippen LogP contribution in [0.3, 0.4) is 0 Å². The SMILES string of the molecule is O=C(CCC1CCCNC1)C1CCOC2(CCCC2)C1. The number of rotatable bonds is 4. The molecule has 0 amide bonds. The first kappa shape index (κ1) is 14.5. The number of Topliss-reactive ketones (excluding diaryl/α,β-unsaturated/α-hetero) is 1. The highest BCUT2D eigenvalue weighted by Crippen LogP contribution is 2.42. The van der Waals surface area contributed by atoms with E-state index in [1.165, 1.54) is 38.5 Å². The first-order chi connectivity index (χ1) is 9.77. The molecule has 1 saturated carbocycles. The molecule has 1 spiro atoms. The zero-order chi connectivity index (χ0) is 13.8. The molecule has 0 aromatic carbocycles. The lowest BCUT2D eigenvalue weighted by molar-refractivity contribution is -0.136. The van der Waals surface area contributed by atoms with Crippen molar-refractivity contribution >= 4 is 5.78 Å². The van der Waals surface area contributed by atoms with Gasteiger partial charge >= 0.3 is 0 Å². The van der Waals surface area contributed by atoms with E-state index in [1.807, 2.05) is 0 Å². The molecule has 2 atom stereocenters. The number of nitrogens with one attached hydrogen (secondary N) is 1. The summed E-state index contributed by atoms with van der Waals surface area (Å²) in [5.41, 5.74) is 0.0883. The maximum atomic E-state index is 12.5. The Morgan fingerprint density at radius 2 is 2.05 bits per heavy atom. The molecule has 3 nitrogen and oxygen atoms in total.